The van der Waals surface area contributed by atoms with Crippen LogP contribution in [0, 0.1) is 0 Å². The van der Waals surface area contributed by atoms with Crippen LogP contribution in [0.15, 0.2) is 54.9 Å². The molecule has 2 unspecified atom stereocenters. The number of benzene rings is 1. The first-order valence-electron chi connectivity index (χ1n) is 6.46. The molecule has 1 aromatic heterocycles. The average Bonchev–Trinajstić information content (AvgIpc) is 3.01. The predicted molar refractivity (Wildman–Crippen MR) is 74.1 cm³/mol. The highest BCUT2D eigenvalue weighted by molar-refractivity contribution is 5.62. The van der Waals surface area contributed by atoms with Gasteiger partial charge in [0, 0.05) is 36.5 Å². The molecule has 0 amide bonds. The van der Waals surface area contributed by atoms with Crippen LogP contribution in [0.3, 0.4) is 0 Å². The molecule has 2 atom stereocenters. The fraction of sp³-hybridized carbons (Fsp3) is 0.188. The van der Waals surface area contributed by atoms with Gasteiger partial charge in [-0.15, -0.1) is 0 Å². The van der Waals surface area contributed by atoms with Crippen molar-refractivity contribution in [1.82, 2.24) is 9.55 Å². The van der Waals surface area contributed by atoms with Crippen molar-refractivity contribution in [1.29, 1.82) is 0 Å². The van der Waals surface area contributed by atoms with Crippen LogP contribution in [0.1, 0.15) is 11.5 Å². The first kappa shape index (κ1) is 10.6. The lowest BCUT2D eigenvalue weighted by Gasteiger charge is -2.13. The monoisotopic (exact) mass is 250 g/mol. The molecule has 0 radical (unpaired) electrons. The van der Waals surface area contributed by atoms with Gasteiger partial charge in [-0.1, -0.05) is 30.4 Å². The van der Waals surface area contributed by atoms with Crippen LogP contribution in [-0.2, 0) is 7.05 Å². The van der Waals surface area contributed by atoms with E-state index in [0.717, 1.165) is 17.1 Å². The second kappa shape index (κ2) is 3.85. The number of allylic oxidation sites excluding steroid dienone is 2. The highest BCUT2D eigenvalue weighted by Gasteiger charge is 2.32. The van der Waals surface area contributed by atoms with Crippen LogP contribution in [0.25, 0.3) is 11.4 Å². The lowest BCUT2D eigenvalue weighted by atomic mass is 9.91. The molecule has 1 aromatic carbocycles. The molecule has 2 heterocycles. The van der Waals surface area contributed by atoms with Crippen molar-refractivity contribution in [2.24, 2.45) is 7.05 Å². The van der Waals surface area contributed by atoms with Gasteiger partial charge < -0.3 is 9.30 Å². The van der Waals surface area contributed by atoms with E-state index in [4.69, 9.17) is 4.74 Å². The molecule has 1 aliphatic heterocycles. The van der Waals surface area contributed by atoms with Crippen LogP contribution < -0.4 is 4.74 Å². The summed E-state index contributed by atoms with van der Waals surface area (Å²) in [7, 11) is 2.00. The summed E-state index contributed by atoms with van der Waals surface area (Å²) in [5.41, 5.74) is 2.36. The molecule has 0 saturated carbocycles. The van der Waals surface area contributed by atoms with Gasteiger partial charge in [0.05, 0.1) is 0 Å². The SMILES string of the molecule is Cn1ccnc1-c1ccc2c(c1)OC1C=CC=CC21. The van der Waals surface area contributed by atoms with Gasteiger partial charge in [-0.25, -0.2) is 4.98 Å². The standard InChI is InChI=1S/C16H14N2O/c1-18-9-8-17-16(18)11-6-7-13-12-4-2-3-5-14(12)19-15(13)10-11/h2-10,12,14H,1H3. The fourth-order valence-corrected chi connectivity index (χ4v) is 2.82. The summed E-state index contributed by atoms with van der Waals surface area (Å²) >= 11 is 0. The first-order chi connectivity index (χ1) is 9.33. The summed E-state index contributed by atoms with van der Waals surface area (Å²) in [4.78, 5) is 4.38. The van der Waals surface area contributed by atoms with Gasteiger partial charge in [-0.3, -0.25) is 0 Å². The van der Waals surface area contributed by atoms with Crippen LogP contribution in [0.5, 0.6) is 5.75 Å². The summed E-state index contributed by atoms with van der Waals surface area (Å²) in [6.07, 6.45) is 12.4. The minimum Gasteiger partial charge on any atom is -0.485 e. The highest BCUT2D eigenvalue weighted by atomic mass is 16.5. The molecule has 4 rings (SSSR count). The summed E-state index contributed by atoms with van der Waals surface area (Å²) in [5.74, 6) is 2.30. The van der Waals surface area contributed by atoms with Crippen molar-refractivity contribution in [2.75, 3.05) is 0 Å². The van der Waals surface area contributed by atoms with Gasteiger partial charge >= 0.3 is 0 Å². The van der Waals surface area contributed by atoms with E-state index in [1.807, 2.05) is 30.1 Å². The zero-order chi connectivity index (χ0) is 12.8. The molecule has 0 saturated heterocycles. The highest BCUT2D eigenvalue weighted by Crippen LogP contribution is 2.42. The van der Waals surface area contributed by atoms with Crippen molar-refractivity contribution in [3.63, 3.8) is 0 Å². The number of fused-ring (bicyclic) bond motifs is 3. The second-order valence-corrected chi connectivity index (χ2v) is 4.99. The van der Waals surface area contributed by atoms with Gasteiger partial charge in [0.15, 0.2) is 0 Å². The number of hydrogen-bond donors (Lipinski definition) is 0. The van der Waals surface area contributed by atoms with Gasteiger partial charge in [0.1, 0.15) is 17.7 Å². The van der Waals surface area contributed by atoms with E-state index in [0.29, 0.717) is 5.92 Å². The van der Waals surface area contributed by atoms with Crippen LogP contribution in [0.2, 0.25) is 0 Å². The Morgan fingerprint density at radius 2 is 2.11 bits per heavy atom. The Labute approximate surface area is 111 Å². The second-order valence-electron chi connectivity index (χ2n) is 4.99. The predicted octanol–water partition coefficient (Wildman–Crippen LogP) is 3.06. The maximum absolute atomic E-state index is 6.01. The molecule has 0 fully saturated rings. The molecule has 0 N–H and O–H groups in total. The molecule has 3 heteroatoms. The largest absolute Gasteiger partial charge is 0.485 e. The topological polar surface area (TPSA) is 27.1 Å². The Hall–Kier alpha value is -2.29. The van der Waals surface area contributed by atoms with Crippen LogP contribution >= 0.6 is 0 Å². The Morgan fingerprint density at radius 1 is 1.21 bits per heavy atom. The Morgan fingerprint density at radius 3 is 2.95 bits per heavy atom. The third kappa shape index (κ3) is 1.55. The third-order valence-corrected chi connectivity index (χ3v) is 3.80. The van der Waals surface area contributed by atoms with Gasteiger partial charge in [0.2, 0.25) is 0 Å². The normalized spacial score (nSPS) is 23.0. The number of rotatable bonds is 1. The number of aromatic nitrogens is 2. The first-order valence-corrected chi connectivity index (χ1v) is 6.46. The number of imidazole rings is 1. The van der Waals surface area contributed by atoms with Gasteiger partial charge in [0.25, 0.3) is 0 Å². The van der Waals surface area contributed by atoms with E-state index in [-0.39, 0.29) is 6.10 Å². The van der Waals surface area contributed by atoms with E-state index in [1.165, 1.54) is 5.56 Å². The van der Waals surface area contributed by atoms with Crippen molar-refractivity contribution < 1.29 is 4.74 Å². The minimum absolute atomic E-state index is 0.150. The third-order valence-electron chi connectivity index (χ3n) is 3.80. The van der Waals surface area contributed by atoms with E-state index >= 15 is 0 Å². The molecule has 2 aliphatic rings. The van der Waals surface area contributed by atoms with Crippen molar-refractivity contribution in [3.8, 4) is 17.1 Å². The molecule has 19 heavy (non-hydrogen) atoms. The zero-order valence-electron chi connectivity index (χ0n) is 10.7. The number of nitrogens with zero attached hydrogens (tertiary/aromatic N) is 2. The Bertz CT molecular complexity index is 697. The summed E-state index contributed by atoms with van der Waals surface area (Å²) in [6.45, 7) is 0. The number of aryl methyl sites for hydroxylation is 1. The summed E-state index contributed by atoms with van der Waals surface area (Å²) in [5, 5.41) is 0. The quantitative estimate of drug-likeness (QED) is 0.777. The zero-order valence-corrected chi connectivity index (χ0v) is 10.7. The molecule has 0 bridgehead atoms. The van der Waals surface area contributed by atoms with E-state index < -0.39 is 0 Å². The van der Waals surface area contributed by atoms with Gasteiger partial charge in [-0.05, 0) is 12.1 Å². The minimum atomic E-state index is 0.150. The Balaban J connectivity index is 1.79. The maximum atomic E-state index is 6.01. The molecule has 2 aromatic rings. The van der Waals surface area contributed by atoms with Crippen molar-refractivity contribution >= 4 is 0 Å². The number of ether oxygens (including phenoxy) is 1. The Kier molecular flexibility index (Phi) is 2.15. The smallest absolute Gasteiger partial charge is 0.139 e. The molecule has 3 nitrogen and oxygen atoms in total. The van der Waals surface area contributed by atoms with E-state index in [9.17, 15) is 0 Å². The molecule has 0 spiro atoms. The van der Waals surface area contributed by atoms with E-state index in [1.54, 1.807) is 0 Å². The van der Waals surface area contributed by atoms with Gasteiger partial charge in [-0.2, -0.15) is 0 Å². The summed E-state index contributed by atoms with van der Waals surface area (Å²) in [6, 6.07) is 6.38. The molecule has 94 valence electrons. The van der Waals surface area contributed by atoms with Crippen molar-refractivity contribution in [2.45, 2.75) is 12.0 Å². The molecule has 1 aliphatic carbocycles. The van der Waals surface area contributed by atoms with Crippen LogP contribution in [0.4, 0.5) is 0 Å². The fourth-order valence-electron chi connectivity index (χ4n) is 2.82. The lowest BCUT2D eigenvalue weighted by Crippen LogP contribution is -2.15. The van der Waals surface area contributed by atoms with E-state index in [2.05, 4.69) is 41.4 Å². The summed E-state index contributed by atoms with van der Waals surface area (Å²) < 4.78 is 8.03. The molecular formula is C16H14N2O. The molecular weight excluding hydrogens is 236 g/mol. The van der Waals surface area contributed by atoms with Crippen molar-refractivity contribution in [3.05, 3.63) is 60.5 Å². The number of hydrogen-bond acceptors (Lipinski definition) is 2. The maximum Gasteiger partial charge on any atom is 0.139 e. The lowest BCUT2D eigenvalue weighted by molar-refractivity contribution is 0.269. The average molecular weight is 250 g/mol. The van der Waals surface area contributed by atoms with Crippen LogP contribution in [-0.4, -0.2) is 15.7 Å².